The molecule has 5 rings (SSSR count). The van der Waals surface area contributed by atoms with Crippen molar-refractivity contribution in [2.75, 3.05) is 17.1 Å². The number of phenolic OH excluding ortho intramolecular Hbond substituents is 1. The van der Waals surface area contributed by atoms with Gasteiger partial charge in [-0.1, -0.05) is 24.3 Å². The van der Waals surface area contributed by atoms with Crippen LogP contribution in [0.1, 0.15) is 40.6 Å². The maximum absolute atomic E-state index is 13.2. The van der Waals surface area contributed by atoms with E-state index in [0.29, 0.717) is 11.4 Å². The molecule has 2 aliphatic rings. The molecule has 0 saturated carbocycles. The van der Waals surface area contributed by atoms with Crippen LogP contribution in [0.4, 0.5) is 11.4 Å². The van der Waals surface area contributed by atoms with Crippen molar-refractivity contribution in [1.82, 2.24) is 0 Å². The fourth-order valence-electron chi connectivity index (χ4n) is 4.98. The van der Waals surface area contributed by atoms with Gasteiger partial charge in [-0.3, -0.25) is 4.72 Å². The fraction of sp³-hybridized carbons (Fsp3) is 0.259. The van der Waals surface area contributed by atoms with E-state index in [2.05, 4.69) is 22.2 Å². The Bertz CT molecular complexity index is 1400. The second-order valence-corrected chi connectivity index (χ2v) is 10.7. The van der Waals surface area contributed by atoms with Gasteiger partial charge in [-0.2, -0.15) is 0 Å². The van der Waals surface area contributed by atoms with Gasteiger partial charge in [-0.05, 0) is 90.9 Å². The van der Waals surface area contributed by atoms with Crippen LogP contribution in [-0.4, -0.2) is 20.6 Å². The number of allylic oxidation sites excluding steroid dienone is 2. The summed E-state index contributed by atoms with van der Waals surface area (Å²) in [5.41, 5.74) is 5.61. The molecule has 1 aliphatic heterocycles. The summed E-state index contributed by atoms with van der Waals surface area (Å²) in [7, 11) is -2.19. The molecule has 3 atom stereocenters. The maximum atomic E-state index is 13.2. The van der Waals surface area contributed by atoms with Crippen molar-refractivity contribution in [3.63, 3.8) is 0 Å². The van der Waals surface area contributed by atoms with Crippen LogP contribution in [0.3, 0.4) is 0 Å². The number of hydrogen-bond acceptors (Lipinski definition) is 5. The molecule has 0 amide bonds. The Labute approximate surface area is 200 Å². The molecule has 1 heterocycles. The molecule has 3 N–H and O–H groups in total. The Hall–Kier alpha value is -3.45. The highest BCUT2D eigenvalue weighted by molar-refractivity contribution is 7.92. The third kappa shape index (κ3) is 3.90. The minimum absolute atomic E-state index is 0.0121. The number of ether oxygens (including phenoxy) is 1. The third-order valence-corrected chi connectivity index (χ3v) is 8.35. The largest absolute Gasteiger partial charge is 0.504 e. The van der Waals surface area contributed by atoms with Gasteiger partial charge >= 0.3 is 0 Å². The van der Waals surface area contributed by atoms with Crippen molar-refractivity contribution in [1.29, 1.82) is 0 Å². The molecule has 0 fully saturated rings. The summed E-state index contributed by atoms with van der Waals surface area (Å²) in [5.74, 6) is 0.867. The quantitative estimate of drug-likeness (QED) is 0.415. The Morgan fingerprint density at radius 3 is 2.62 bits per heavy atom. The summed E-state index contributed by atoms with van der Waals surface area (Å²) < 4.78 is 34.4. The first-order valence-corrected chi connectivity index (χ1v) is 12.8. The Balaban J connectivity index is 1.48. The lowest BCUT2D eigenvalue weighted by atomic mass is 9.77. The minimum Gasteiger partial charge on any atom is -0.504 e. The number of phenols is 1. The van der Waals surface area contributed by atoms with E-state index in [9.17, 15) is 13.5 Å². The Morgan fingerprint density at radius 1 is 1.03 bits per heavy atom. The van der Waals surface area contributed by atoms with Crippen molar-refractivity contribution in [3.05, 3.63) is 89.0 Å². The highest BCUT2D eigenvalue weighted by atomic mass is 32.2. The first-order valence-electron chi connectivity index (χ1n) is 11.3. The van der Waals surface area contributed by atoms with Crippen LogP contribution in [0.5, 0.6) is 11.5 Å². The molecule has 0 aromatic heterocycles. The van der Waals surface area contributed by atoms with E-state index in [1.807, 2.05) is 44.2 Å². The minimum atomic E-state index is -3.73. The van der Waals surface area contributed by atoms with E-state index >= 15 is 0 Å². The highest BCUT2D eigenvalue weighted by Gasteiger charge is 2.38. The molecular weight excluding hydrogens is 448 g/mol. The van der Waals surface area contributed by atoms with Crippen molar-refractivity contribution < 1.29 is 18.3 Å². The third-order valence-electron chi connectivity index (χ3n) is 6.97. The molecule has 3 aromatic carbocycles. The zero-order chi connectivity index (χ0) is 24.0. The van der Waals surface area contributed by atoms with Crippen molar-refractivity contribution in [2.24, 2.45) is 5.92 Å². The molecule has 0 bridgehead atoms. The topological polar surface area (TPSA) is 87.7 Å². The number of nitrogens with one attached hydrogen (secondary N) is 2. The van der Waals surface area contributed by atoms with Crippen LogP contribution in [0.2, 0.25) is 0 Å². The molecule has 0 saturated heterocycles. The van der Waals surface area contributed by atoms with Gasteiger partial charge in [-0.15, -0.1) is 0 Å². The molecule has 34 heavy (non-hydrogen) atoms. The second-order valence-electron chi connectivity index (χ2n) is 9.06. The number of aryl methyl sites for hydroxylation is 2. The molecule has 0 spiro atoms. The average molecular weight is 477 g/mol. The number of benzene rings is 3. The summed E-state index contributed by atoms with van der Waals surface area (Å²) in [6.45, 7) is 3.96. The molecular formula is C27H28N2O4S. The number of rotatable bonds is 5. The summed E-state index contributed by atoms with van der Waals surface area (Å²) in [6.07, 6.45) is 5.20. The van der Waals surface area contributed by atoms with Crippen molar-refractivity contribution in [3.8, 4) is 11.5 Å². The maximum Gasteiger partial charge on any atom is 0.261 e. The molecule has 3 aromatic rings. The number of methoxy groups -OCH3 is 1. The van der Waals surface area contributed by atoms with Crippen LogP contribution in [0, 0.1) is 19.8 Å². The predicted molar refractivity (Wildman–Crippen MR) is 134 cm³/mol. The van der Waals surface area contributed by atoms with Gasteiger partial charge in [0, 0.05) is 17.3 Å². The number of fused-ring (bicyclic) bond motifs is 3. The van der Waals surface area contributed by atoms with Gasteiger partial charge in [0.1, 0.15) is 0 Å². The molecule has 3 unspecified atom stereocenters. The van der Waals surface area contributed by atoms with E-state index in [1.54, 1.807) is 24.3 Å². The van der Waals surface area contributed by atoms with Crippen molar-refractivity contribution in [2.45, 2.75) is 37.1 Å². The average Bonchev–Trinajstić information content (AvgIpc) is 3.31. The van der Waals surface area contributed by atoms with Gasteiger partial charge in [0.15, 0.2) is 11.5 Å². The Kier molecular flexibility index (Phi) is 5.52. The van der Waals surface area contributed by atoms with Crippen molar-refractivity contribution >= 4 is 21.4 Å². The SMILES string of the molecule is COc1cc(C2Nc3ccc(S(=O)(=O)Nc4ccc(C)c(C)c4)cc3C3C=CCC32)ccc1O. The molecule has 6 nitrogen and oxygen atoms in total. The second kappa shape index (κ2) is 8.40. The van der Waals surface area contributed by atoms with Gasteiger partial charge in [0.05, 0.1) is 18.0 Å². The van der Waals surface area contributed by atoms with Crippen LogP contribution >= 0.6 is 0 Å². The number of sulfonamides is 1. The summed E-state index contributed by atoms with van der Waals surface area (Å²) in [6, 6.07) is 16.2. The lowest BCUT2D eigenvalue weighted by molar-refractivity contribution is 0.370. The summed E-state index contributed by atoms with van der Waals surface area (Å²) >= 11 is 0. The molecule has 176 valence electrons. The summed E-state index contributed by atoms with van der Waals surface area (Å²) in [4.78, 5) is 0.245. The van der Waals surface area contributed by atoms with E-state index in [4.69, 9.17) is 4.74 Å². The van der Waals surface area contributed by atoms with Crippen LogP contribution in [-0.2, 0) is 10.0 Å². The predicted octanol–water partition coefficient (Wildman–Crippen LogP) is 5.64. The van der Waals surface area contributed by atoms with E-state index in [0.717, 1.165) is 34.4 Å². The van der Waals surface area contributed by atoms with Gasteiger partial charge in [-0.25, -0.2) is 8.42 Å². The monoisotopic (exact) mass is 476 g/mol. The van der Waals surface area contributed by atoms with E-state index in [-0.39, 0.29) is 28.5 Å². The highest BCUT2D eigenvalue weighted by Crippen LogP contribution is 2.50. The molecule has 1 aliphatic carbocycles. The first-order chi connectivity index (χ1) is 16.3. The standard InChI is InChI=1S/C27H28N2O4S/c1-16-7-9-19(13-17(16)2)29-34(31,32)20-10-11-24-23(15-20)21-5-4-6-22(21)27(28-24)18-8-12-25(30)26(14-18)33-3/h4-5,7-15,21-22,27-30H,6H2,1-3H3. The number of aromatic hydroxyl groups is 1. The van der Waals surface area contributed by atoms with E-state index < -0.39 is 10.0 Å². The zero-order valence-electron chi connectivity index (χ0n) is 19.4. The molecule has 7 heteroatoms. The number of hydrogen-bond donors (Lipinski definition) is 3. The van der Waals surface area contributed by atoms with Crippen LogP contribution in [0.15, 0.2) is 71.6 Å². The van der Waals surface area contributed by atoms with Crippen LogP contribution < -0.4 is 14.8 Å². The summed E-state index contributed by atoms with van der Waals surface area (Å²) in [5, 5.41) is 13.6. The zero-order valence-corrected chi connectivity index (χ0v) is 20.2. The van der Waals surface area contributed by atoms with Crippen LogP contribution in [0.25, 0.3) is 0 Å². The fourth-order valence-corrected chi connectivity index (χ4v) is 6.06. The normalized spacial score (nSPS) is 20.9. The number of anilines is 2. The van der Waals surface area contributed by atoms with Gasteiger partial charge < -0.3 is 15.2 Å². The lowest BCUT2D eigenvalue weighted by Crippen LogP contribution is -2.29. The smallest absolute Gasteiger partial charge is 0.261 e. The van der Waals surface area contributed by atoms with E-state index in [1.165, 1.54) is 7.11 Å². The Morgan fingerprint density at radius 2 is 1.85 bits per heavy atom. The first kappa shape index (κ1) is 22.3. The lowest BCUT2D eigenvalue weighted by Gasteiger charge is -2.37. The van der Waals surface area contributed by atoms with Gasteiger partial charge in [0.2, 0.25) is 0 Å². The van der Waals surface area contributed by atoms with Gasteiger partial charge in [0.25, 0.3) is 10.0 Å². The molecule has 0 radical (unpaired) electrons.